The lowest BCUT2D eigenvalue weighted by Crippen LogP contribution is -2.22. The minimum atomic E-state index is -3.71. The summed E-state index contributed by atoms with van der Waals surface area (Å²) in [5.74, 6) is 1.25. The van der Waals surface area contributed by atoms with Crippen molar-refractivity contribution in [3.8, 4) is 28.6 Å². The van der Waals surface area contributed by atoms with Crippen LogP contribution in [0.15, 0.2) is 68.7 Å². The number of thiophene rings is 1. The molecule has 7 nitrogen and oxygen atoms in total. The number of hydrogen-bond donors (Lipinski definition) is 1. The number of halogens is 1. The van der Waals surface area contributed by atoms with Gasteiger partial charge < -0.3 is 9.26 Å². The van der Waals surface area contributed by atoms with E-state index in [0.717, 1.165) is 22.5 Å². The summed E-state index contributed by atoms with van der Waals surface area (Å²) in [5.41, 5.74) is 2.02. The Labute approximate surface area is 182 Å². The summed E-state index contributed by atoms with van der Waals surface area (Å²) in [5, 5.41) is 6.23. The quantitative estimate of drug-likeness (QED) is 0.432. The van der Waals surface area contributed by atoms with Crippen LogP contribution >= 0.6 is 22.9 Å². The van der Waals surface area contributed by atoms with Crippen molar-refractivity contribution in [3.05, 3.63) is 70.6 Å². The Bertz CT molecular complexity index is 1270. The van der Waals surface area contributed by atoms with E-state index in [2.05, 4.69) is 14.9 Å². The summed E-state index contributed by atoms with van der Waals surface area (Å²) in [6.07, 6.45) is 0. The molecule has 1 N–H and O–H groups in total. The summed E-state index contributed by atoms with van der Waals surface area (Å²) >= 11 is 6.97. The molecule has 0 spiro atoms. The Morgan fingerprint density at radius 1 is 1.13 bits per heavy atom. The molecule has 30 heavy (non-hydrogen) atoms. The van der Waals surface area contributed by atoms with E-state index in [1.54, 1.807) is 48.9 Å². The molecule has 0 aliphatic rings. The summed E-state index contributed by atoms with van der Waals surface area (Å²) in [4.78, 5) is 4.35. The molecule has 0 bridgehead atoms. The van der Waals surface area contributed by atoms with Gasteiger partial charge in [-0.05, 0) is 36.4 Å². The lowest BCUT2D eigenvalue weighted by Gasteiger charge is -2.09. The fourth-order valence-corrected chi connectivity index (χ4v) is 5.05. The average Bonchev–Trinajstić information content (AvgIpc) is 3.43. The number of methoxy groups -OCH3 is 1. The molecular formula is C20H16ClN3O4S2. The topological polar surface area (TPSA) is 94.3 Å². The monoisotopic (exact) mass is 461 g/mol. The lowest BCUT2D eigenvalue weighted by molar-refractivity contribution is 0.409. The van der Waals surface area contributed by atoms with Crippen LogP contribution in [0, 0.1) is 0 Å². The number of hydrogen-bond acceptors (Lipinski definition) is 7. The SMILES string of the molecule is COc1ccccc1CNS(=O)(=O)c1cc(-c2nc(-c3ccc(Cl)cc3)no2)cs1. The Morgan fingerprint density at radius 2 is 1.90 bits per heavy atom. The molecular weight excluding hydrogens is 446 g/mol. The fraction of sp³-hybridized carbons (Fsp3) is 0.100. The lowest BCUT2D eigenvalue weighted by atomic mass is 10.2. The van der Waals surface area contributed by atoms with E-state index in [4.69, 9.17) is 20.9 Å². The Morgan fingerprint density at radius 3 is 2.67 bits per heavy atom. The molecule has 0 saturated carbocycles. The average molecular weight is 462 g/mol. The van der Waals surface area contributed by atoms with Gasteiger partial charge in [0.15, 0.2) is 0 Å². The first kappa shape index (κ1) is 20.5. The molecule has 2 aromatic heterocycles. The number of para-hydroxylation sites is 1. The number of benzene rings is 2. The van der Waals surface area contributed by atoms with Crippen molar-refractivity contribution in [2.24, 2.45) is 0 Å². The zero-order chi connectivity index (χ0) is 21.1. The van der Waals surface area contributed by atoms with E-state index in [0.29, 0.717) is 22.2 Å². The molecule has 0 fully saturated rings. The fourth-order valence-electron chi connectivity index (χ4n) is 2.72. The highest BCUT2D eigenvalue weighted by Gasteiger charge is 2.20. The van der Waals surface area contributed by atoms with Crippen LogP contribution in [0.25, 0.3) is 22.8 Å². The van der Waals surface area contributed by atoms with Crippen LogP contribution in [0.5, 0.6) is 5.75 Å². The third-order valence-electron chi connectivity index (χ3n) is 4.26. The molecule has 0 atom stereocenters. The van der Waals surface area contributed by atoms with E-state index in [9.17, 15) is 8.42 Å². The first-order valence-corrected chi connectivity index (χ1v) is 11.5. The van der Waals surface area contributed by atoms with Gasteiger partial charge in [-0.25, -0.2) is 13.1 Å². The molecule has 0 saturated heterocycles. The van der Waals surface area contributed by atoms with Gasteiger partial charge in [0.25, 0.3) is 5.89 Å². The van der Waals surface area contributed by atoms with Crippen LogP contribution in [-0.2, 0) is 16.6 Å². The number of aromatic nitrogens is 2. The second-order valence-electron chi connectivity index (χ2n) is 6.22. The van der Waals surface area contributed by atoms with Crippen molar-refractivity contribution >= 4 is 33.0 Å². The van der Waals surface area contributed by atoms with E-state index < -0.39 is 10.0 Å². The van der Waals surface area contributed by atoms with Gasteiger partial charge in [0.2, 0.25) is 15.8 Å². The van der Waals surface area contributed by atoms with Crippen LogP contribution < -0.4 is 9.46 Å². The Kier molecular flexibility index (Phi) is 5.87. The predicted octanol–water partition coefficient (Wildman–Crippen LogP) is 4.61. The Balaban J connectivity index is 1.51. The normalized spacial score (nSPS) is 11.5. The first-order valence-electron chi connectivity index (χ1n) is 8.76. The first-order chi connectivity index (χ1) is 14.5. The minimum absolute atomic E-state index is 0.112. The summed E-state index contributed by atoms with van der Waals surface area (Å²) in [6, 6.07) is 15.8. The Hall–Kier alpha value is -2.72. The van der Waals surface area contributed by atoms with Gasteiger partial charge in [0, 0.05) is 28.1 Å². The maximum atomic E-state index is 12.7. The van der Waals surface area contributed by atoms with Crippen LogP contribution in [0.3, 0.4) is 0 Å². The molecule has 4 rings (SSSR count). The predicted molar refractivity (Wildman–Crippen MR) is 115 cm³/mol. The number of sulfonamides is 1. The number of ether oxygens (including phenoxy) is 1. The highest BCUT2D eigenvalue weighted by atomic mass is 35.5. The van der Waals surface area contributed by atoms with Crippen molar-refractivity contribution in [2.45, 2.75) is 10.8 Å². The molecule has 0 amide bonds. The molecule has 2 heterocycles. The summed E-state index contributed by atoms with van der Waals surface area (Å²) in [6.45, 7) is 0.112. The van der Waals surface area contributed by atoms with E-state index in [1.807, 2.05) is 12.1 Å². The molecule has 0 aliphatic heterocycles. The number of rotatable bonds is 7. The van der Waals surface area contributed by atoms with Gasteiger partial charge in [-0.1, -0.05) is 35.0 Å². The van der Waals surface area contributed by atoms with E-state index >= 15 is 0 Å². The summed E-state index contributed by atoms with van der Waals surface area (Å²) in [7, 11) is -2.17. The summed E-state index contributed by atoms with van der Waals surface area (Å²) < 4.78 is 38.7. The van der Waals surface area contributed by atoms with Crippen LogP contribution in [-0.4, -0.2) is 25.7 Å². The van der Waals surface area contributed by atoms with Gasteiger partial charge >= 0.3 is 0 Å². The molecule has 2 aromatic carbocycles. The van der Waals surface area contributed by atoms with Crippen molar-refractivity contribution in [1.82, 2.24) is 14.9 Å². The van der Waals surface area contributed by atoms with Gasteiger partial charge in [0.05, 0.1) is 12.7 Å². The van der Waals surface area contributed by atoms with E-state index in [1.165, 1.54) is 6.07 Å². The van der Waals surface area contributed by atoms with Crippen LogP contribution in [0.1, 0.15) is 5.56 Å². The van der Waals surface area contributed by atoms with Gasteiger partial charge in [0.1, 0.15) is 9.96 Å². The van der Waals surface area contributed by atoms with Gasteiger partial charge in [-0.2, -0.15) is 4.98 Å². The second kappa shape index (κ2) is 8.57. The van der Waals surface area contributed by atoms with Crippen LogP contribution in [0.2, 0.25) is 5.02 Å². The molecule has 10 heteroatoms. The molecule has 4 aromatic rings. The van der Waals surface area contributed by atoms with Crippen molar-refractivity contribution in [3.63, 3.8) is 0 Å². The largest absolute Gasteiger partial charge is 0.496 e. The minimum Gasteiger partial charge on any atom is -0.496 e. The number of nitrogens with zero attached hydrogens (tertiary/aromatic N) is 2. The third kappa shape index (κ3) is 4.39. The van der Waals surface area contributed by atoms with Crippen molar-refractivity contribution in [1.29, 1.82) is 0 Å². The van der Waals surface area contributed by atoms with Gasteiger partial charge in [-0.3, -0.25) is 0 Å². The molecule has 0 aliphatic carbocycles. The zero-order valence-electron chi connectivity index (χ0n) is 15.7. The maximum Gasteiger partial charge on any atom is 0.259 e. The third-order valence-corrected chi connectivity index (χ3v) is 7.35. The highest BCUT2D eigenvalue weighted by molar-refractivity contribution is 7.91. The smallest absolute Gasteiger partial charge is 0.259 e. The molecule has 0 radical (unpaired) electrons. The van der Waals surface area contributed by atoms with Crippen molar-refractivity contribution < 1.29 is 17.7 Å². The number of nitrogens with one attached hydrogen (secondary N) is 1. The van der Waals surface area contributed by atoms with Crippen LogP contribution in [0.4, 0.5) is 0 Å². The highest BCUT2D eigenvalue weighted by Crippen LogP contribution is 2.29. The molecule has 154 valence electrons. The zero-order valence-corrected chi connectivity index (χ0v) is 18.1. The van der Waals surface area contributed by atoms with E-state index in [-0.39, 0.29) is 16.6 Å². The molecule has 0 unspecified atom stereocenters. The van der Waals surface area contributed by atoms with Crippen molar-refractivity contribution in [2.75, 3.05) is 7.11 Å². The van der Waals surface area contributed by atoms with Gasteiger partial charge in [-0.15, -0.1) is 11.3 Å². The standard InChI is InChI=1S/C20H16ClN3O4S2/c1-27-17-5-3-2-4-14(17)11-22-30(25,26)18-10-15(12-29-18)20-23-19(24-28-20)13-6-8-16(21)9-7-13/h2-10,12,22H,11H2,1H3. The maximum absolute atomic E-state index is 12.7. The second-order valence-corrected chi connectivity index (χ2v) is 9.56.